The minimum Gasteiger partial charge on any atom is -0.358 e. The maximum atomic E-state index is 12.4. The van der Waals surface area contributed by atoms with Crippen LogP contribution in [0.2, 0.25) is 5.02 Å². The Labute approximate surface area is 130 Å². The van der Waals surface area contributed by atoms with Crippen LogP contribution in [-0.4, -0.2) is 30.0 Å². The monoisotopic (exact) mass is 326 g/mol. The van der Waals surface area contributed by atoms with Gasteiger partial charge < -0.3 is 4.98 Å². The molecule has 21 heavy (non-hydrogen) atoms. The fourth-order valence-corrected chi connectivity index (χ4v) is 4.63. The van der Waals surface area contributed by atoms with Crippen molar-refractivity contribution < 1.29 is 8.42 Å². The summed E-state index contributed by atoms with van der Waals surface area (Å²) in [6.07, 6.45) is 2.33. The number of aromatic nitrogens is 1. The average molecular weight is 327 g/mol. The molecular weight excluding hydrogens is 308 g/mol. The van der Waals surface area contributed by atoms with Crippen LogP contribution in [0.3, 0.4) is 0 Å². The summed E-state index contributed by atoms with van der Waals surface area (Å²) >= 11 is 6.07. The van der Waals surface area contributed by atoms with Crippen LogP contribution in [0.25, 0.3) is 10.9 Å². The van der Waals surface area contributed by atoms with Crippen molar-refractivity contribution in [2.75, 3.05) is 12.3 Å². The van der Waals surface area contributed by atoms with Gasteiger partial charge in [0.2, 0.25) is 10.0 Å². The molecule has 2 heterocycles. The molecule has 0 spiro atoms. The Morgan fingerprint density at radius 1 is 1.38 bits per heavy atom. The van der Waals surface area contributed by atoms with Gasteiger partial charge in [0.05, 0.1) is 5.75 Å². The maximum Gasteiger partial charge on any atom is 0.214 e. The summed E-state index contributed by atoms with van der Waals surface area (Å²) in [5, 5.41) is 1.71. The minimum atomic E-state index is -3.16. The van der Waals surface area contributed by atoms with E-state index in [9.17, 15) is 8.42 Å². The molecule has 1 N–H and O–H groups in total. The van der Waals surface area contributed by atoms with Crippen molar-refractivity contribution >= 4 is 32.5 Å². The van der Waals surface area contributed by atoms with Gasteiger partial charge in [-0.05, 0) is 30.2 Å². The zero-order valence-electron chi connectivity index (χ0n) is 12.0. The summed E-state index contributed by atoms with van der Waals surface area (Å²) in [7, 11) is -3.16. The van der Waals surface area contributed by atoms with Crippen LogP contribution in [0.4, 0.5) is 0 Å². The lowest BCUT2D eigenvalue weighted by Crippen LogP contribution is -2.37. The first-order valence-corrected chi connectivity index (χ1v) is 9.27. The molecule has 6 heteroatoms. The van der Waals surface area contributed by atoms with E-state index in [-0.39, 0.29) is 5.75 Å². The quantitative estimate of drug-likeness (QED) is 0.937. The van der Waals surface area contributed by atoms with Crippen molar-refractivity contribution in [3.05, 3.63) is 34.5 Å². The molecule has 1 aromatic carbocycles. The highest BCUT2D eigenvalue weighted by atomic mass is 35.5. The predicted octanol–water partition coefficient (Wildman–Crippen LogP) is 3.31. The standard InChI is InChI=1S/C15H19ClN2O2S/c1-2-3-8-21(19,20)18-7-6-15-13(10-18)12-9-11(16)4-5-14(12)17-15/h4-5,9,17H,2-3,6-8,10H2,1H3. The molecule has 1 aliphatic rings. The number of nitrogens with one attached hydrogen (secondary N) is 1. The van der Waals surface area contributed by atoms with E-state index in [0.717, 1.165) is 35.0 Å². The van der Waals surface area contributed by atoms with E-state index < -0.39 is 10.0 Å². The van der Waals surface area contributed by atoms with Gasteiger partial charge in [-0.15, -0.1) is 0 Å². The molecule has 4 nitrogen and oxygen atoms in total. The second kappa shape index (κ2) is 5.63. The lowest BCUT2D eigenvalue weighted by molar-refractivity contribution is 0.390. The largest absolute Gasteiger partial charge is 0.358 e. The summed E-state index contributed by atoms with van der Waals surface area (Å²) in [4.78, 5) is 3.38. The summed E-state index contributed by atoms with van der Waals surface area (Å²) in [5.41, 5.74) is 3.23. The fraction of sp³-hybridized carbons (Fsp3) is 0.467. The van der Waals surface area contributed by atoms with Gasteiger partial charge in [-0.3, -0.25) is 0 Å². The topological polar surface area (TPSA) is 53.2 Å². The molecule has 1 aliphatic heterocycles. The van der Waals surface area contributed by atoms with E-state index in [2.05, 4.69) is 4.98 Å². The van der Waals surface area contributed by atoms with Gasteiger partial charge in [0, 0.05) is 41.1 Å². The predicted molar refractivity (Wildman–Crippen MR) is 86.1 cm³/mol. The van der Waals surface area contributed by atoms with Crippen LogP contribution in [0.15, 0.2) is 18.2 Å². The van der Waals surface area contributed by atoms with E-state index >= 15 is 0 Å². The summed E-state index contributed by atoms with van der Waals surface area (Å²) in [6.45, 7) is 3.01. The first kappa shape index (κ1) is 14.9. The summed E-state index contributed by atoms with van der Waals surface area (Å²) < 4.78 is 26.3. The van der Waals surface area contributed by atoms with Gasteiger partial charge in [-0.1, -0.05) is 24.9 Å². The van der Waals surface area contributed by atoms with Gasteiger partial charge in [0.1, 0.15) is 0 Å². The molecule has 0 aliphatic carbocycles. The molecule has 1 aromatic heterocycles. The summed E-state index contributed by atoms with van der Waals surface area (Å²) in [5.74, 6) is 0.238. The number of sulfonamides is 1. The highest BCUT2D eigenvalue weighted by molar-refractivity contribution is 7.89. The Kier molecular flexibility index (Phi) is 3.99. The number of fused-ring (bicyclic) bond motifs is 3. The number of halogens is 1. The third kappa shape index (κ3) is 2.82. The molecule has 0 saturated heterocycles. The van der Waals surface area contributed by atoms with Crippen LogP contribution in [-0.2, 0) is 23.0 Å². The third-order valence-electron chi connectivity index (χ3n) is 4.05. The number of hydrogen-bond donors (Lipinski definition) is 1. The number of benzene rings is 1. The van der Waals surface area contributed by atoms with Crippen LogP contribution < -0.4 is 0 Å². The molecule has 0 saturated carbocycles. The smallest absolute Gasteiger partial charge is 0.214 e. The van der Waals surface area contributed by atoms with Crippen LogP contribution in [0, 0.1) is 0 Å². The second-order valence-electron chi connectivity index (χ2n) is 5.53. The van der Waals surface area contributed by atoms with E-state index in [1.54, 1.807) is 4.31 Å². The number of H-pyrrole nitrogens is 1. The van der Waals surface area contributed by atoms with E-state index in [1.165, 1.54) is 0 Å². The fourth-order valence-electron chi connectivity index (χ4n) is 2.85. The molecular formula is C15H19ClN2O2S. The molecule has 0 radical (unpaired) electrons. The normalized spacial score (nSPS) is 16.3. The first-order valence-electron chi connectivity index (χ1n) is 7.28. The number of hydrogen-bond acceptors (Lipinski definition) is 2. The maximum absolute atomic E-state index is 12.4. The van der Waals surface area contributed by atoms with Crippen molar-refractivity contribution in [1.29, 1.82) is 0 Å². The van der Waals surface area contributed by atoms with Crippen LogP contribution in [0.1, 0.15) is 31.0 Å². The Bertz CT molecular complexity index is 767. The molecule has 2 aromatic rings. The van der Waals surface area contributed by atoms with E-state index in [4.69, 9.17) is 11.6 Å². The average Bonchev–Trinajstić information content (AvgIpc) is 2.82. The highest BCUT2D eigenvalue weighted by Gasteiger charge is 2.28. The summed E-state index contributed by atoms with van der Waals surface area (Å²) in [6, 6.07) is 5.71. The molecule has 0 fully saturated rings. The molecule has 3 rings (SSSR count). The number of aromatic amines is 1. The van der Waals surface area contributed by atoms with E-state index in [0.29, 0.717) is 24.5 Å². The molecule has 114 valence electrons. The third-order valence-corrected chi connectivity index (χ3v) is 6.19. The number of nitrogens with zero attached hydrogens (tertiary/aromatic N) is 1. The van der Waals surface area contributed by atoms with Crippen LogP contribution >= 0.6 is 11.6 Å². The van der Waals surface area contributed by atoms with Crippen molar-refractivity contribution in [2.45, 2.75) is 32.7 Å². The van der Waals surface area contributed by atoms with Gasteiger partial charge in [-0.25, -0.2) is 8.42 Å². The Morgan fingerprint density at radius 2 is 2.19 bits per heavy atom. The van der Waals surface area contributed by atoms with Gasteiger partial charge in [0.25, 0.3) is 0 Å². The number of rotatable bonds is 4. The zero-order chi connectivity index (χ0) is 15.0. The van der Waals surface area contributed by atoms with Gasteiger partial charge in [-0.2, -0.15) is 4.31 Å². The van der Waals surface area contributed by atoms with E-state index in [1.807, 2.05) is 25.1 Å². The van der Waals surface area contributed by atoms with Crippen molar-refractivity contribution in [3.8, 4) is 0 Å². The van der Waals surface area contributed by atoms with Gasteiger partial charge in [0.15, 0.2) is 0 Å². The Balaban J connectivity index is 1.94. The number of unbranched alkanes of at least 4 members (excludes halogenated alkanes) is 1. The zero-order valence-corrected chi connectivity index (χ0v) is 13.6. The molecule has 0 atom stereocenters. The van der Waals surface area contributed by atoms with Gasteiger partial charge >= 0.3 is 0 Å². The molecule has 0 amide bonds. The van der Waals surface area contributed by atoms with Crippen molar-refractivity contribution in [1.82, 2.24) is 9.29 Å². The Hall–Kier alpha value is -1.04. The molecule has 0 unspecified atom stereocenters. The second-order valence-corrected chi connectivity index (χ2v) is 8.05. The highest BCUT2D eigenvalue weighted by Crippen LogP contribution is 2.30. The van der Waals surface area contributed by atoms with Crippen molar-refractivity contribution in [3.63, 3.8) is 0 Å². The lowest BCUT2D eigenvalue weighted by Gasteiger charge is -2.26. The lowest BCUT2D eigenvalue weighted by atomic mass is 10.1. The first-order chi connectivity index (χ1) is 10.0. The minimum absolute atomic E-state index is 0.238. The molecule has 0 bridgehead atoms. The van der Waals surface area contributed by atoms with Crippen molar-refractivity contribution in [2.24, 2.45) is 0 Å². The van der Waals surface area contributed by atoms with Crippen LogP contribution in [0.5, 0.6) is 0 Å². The Morgan fingerprint density at radius 3 is 2.95 bits per heavy atom. The SMILES string of the molecule is CCCCS(=O)(=O)N1CCc2[nH]c3ccc(Cl)cc3c2C1.